The number of nitrogens with zero attached hydrogens (tertiary/aromatic N) is 2. The van der Waals surface area contributed by atoms with Gasteiger partial charge in [-0.2, -0.15) is 0 Å². The van der Waals surface area contributed by atoms with Gasteiger partial charge in [0, 0.05) is 35.1 Å². The molecule has 1 aliphatic rings. The number of benzodiazepines with no additional fused rings is 1. The molecule has 0 radical (unpaired) electrons. The SMILES string of the molecule is Cc1cc2c(cc1C)N(CCCl)C(CCl)CN=C2c1ccccc1. The highest BCUT2D eigenvalue weighted by molar-refractivity contribution is 6.20. The molecule has 1 heterocycles. The summed E-state index contributed by atoms with van der Waals surface area (Å²) in [5.74, 6) is 1.11. The number of aliphatic imine (C=N–C) groups is 1. The van der Waals surface area contributed by atoms with Gasteiger partial charge in [0.2, 0.25) is 0 Å². The van der Waals surface area contributed by atoms with Gasteiger partial charge in [-0.1, -0.05) is 30.3 Å². The van der Waals surface area contributed by atoms with Crippen molar-refractivity contribution < 1.29 is 0 Å². The third kappa shape index (κ3) is 3.31. The van der Waals surface area contributed by atoms with Gasteiger partial charge in [-0.3, -0.25) is 4.99 Å². The fourth-order valence-electron chi connectivity index (χ4n) is 3.17. The summed E-state index contributed by atoms with van der Waals surface area (Å²) in [5, 5.41) is 0. The predicted octanol–water partition coefficient (Wildman–Crippen LogP) is 4.81. The second kappa shape index (κ2) is 7.58. The van der Waals surface area contributed by atoms with Crippen LogP contribution in [0.2, 0.25) is 0 Å². The number of anilines is 1. The molecule has 0 bridgehead atoms. The van der Waals surface area contributed by atoms with E-state index in [1.165, 1.54) is 22.4 Å². The van der Waals surface area contributed by atoms with Crippen LogP contribution in [0.1, 0.15) is 22.3 Å². The fourth-order valence-corrected chi connectivity index (χ4v) is 3.62. The summed E-state index contributed by atoms with van der Waals surface area (Å²) >= 11 is 12.3. The summed E-state index contributed by atoms with van der Waals surface area (Å²) in [5.41, 5.74) is 7.08. The summed E-state index contributed by atoms with van der Waals surface area (Å²) < 4.78 is 0. The van der Waals surface area contributed by atoms with Crippen molar-refractivity contribution in [3.63, 3.8) is 0 Å². The van der Waals surface area contributed by atoms with E-state index in [2.05, 4.69) is 55.1 Å². The van der Waals surface area contributed by atoms with Crippen LogP contribution in [0.15, 0.2) is 47.5 Å². The first-order chi connectivity index (χ1) is 11.7. The number of aryl methyl sites for hydroxylation is 2. The van der Waals surface area contributed by atoms with E-state index in [0.29, 0.717) is 18.3 Å². The van der Waals surface area contributed by atoms with Gasteiger partial charge in [-0.25, -0.2) is 0 Å². The molecular formula is C20H22Cl2N2. The van der Waals surface area contributed by atoms with Crippen LogP contribution in [0.5, 0.6) is 0 Å². The third-order valence-electron chi connectivity index (χ3n) is 4.63. The van der Waals surface area contributed by atoms with Crippen LogP contribution in [0.3, 0.4) is 0 Å². The second-order valence-electron chi connectivity index (χ2n) is 6.20. The summed E-state index contributed by atoms with van der Waals surface area (Å²) in [7, 11) is 0. The van der Waals surface area contributed by atoms with E-state index < -0.39 is 0 Å². The minimum atomic E-state index is 0.160. The summed E-state index contributed by atoms with van der Waals surface area (Å²) in [6.45, 7) is 5.74. The minimum absolute atomic E-state index is 0.160. The average Bonchev–Trinajstić information content (AvgIpc) is 2.74. The van der Waals surface area contributed by atoms with Gasteiger partial charge >= 0.3 is 0 Å². The number of benzene rings is 2. The molecule has 126 valence electrons. The first-order valence-corrected chi connectivity index (χ1v) is 9.32. The van der Waals surface area contributed by atoms with Crippen LogP contribution < -0.4 is 4.90 Å². The Morgan fingerprint density at radius 3 is 2.46 bits per heavy atom. The quantitative estimate of drug-likeness (QED) is 0.714. The Bertz CT molecular complexity index is 741. The molecule has 0 aliphatic carbocycles. The molecule has 0 saturated heterocycles. The maximum atomic E-state index is 6.26. The molecule has 1 unspecified atom stereocenters. The zero-order valence-corrected chi connectivity index (χ0v) is 15.6. The minimum Gasteiger partial charge on any atom is -0.364 e. The zero-order valence-electron chi connectivity index (χ0n) is 14.1. The molecule has 0 fully saturated rings. The van der Waals surface area contributed by atoms with Gasteiger partial charge in [-0.15, -0.1) is 23.2 Å². The molecule has 0 saturated carbocycles. The number of rotatable bonds is 4. The van der Waals surface area contributed by atoms with E-state index in [1.807, 2.05) is 6.07 Å². The average molecular weight is 361 g/mol. The number of alkyl halides is 2. The normalized spacial score (nSPS) is 17.2. The first kappa shape index (κ1) is 17.3. The summed E-state index contributed by atoms with van der Waals surface area (Å²) in [6.07, 6.45) is 0. The molecule has 4 heteroatoms. The van der Waals surface area contributed by atoms with Crippen molar-refractivity contribution in [2.24, 2.45) is 4.99 Å². The molecule has 2 aromatic rings. The van der Waals surface area contributed by atoms with E-state index in [9.17, 15) is 0 Å². The Kier molecular flexibility index (Phi) is 5.47. The number of hydrogen-bond acceptors (Lipinski definition) is 2. The highest BCUT2D eigenvalue weighted by Crippen LogP contribution is 2.31. The van der Waals surface area contributed by atoms with Crippen LogP contribution in [0.4, 0.5) is 5.69 Å². The van der Waals surface area contributed by atoms with Crippen molar-refractivity contribution in [3.05, 3.63) is 64.7 Å². The molecule has 3 rings (SSSR count). The van der Waals surface area contributed by atoms with Gasteiger partial charge in [0.25, 0.3) is 0 Å². The van der Waals surface area contributed by atoms with Crippen molar-refractivity contribution in [1.29, 1.82) is 0 Å². The molecule has 0 aromatic heterocycles. The largest absolute Gasteiger partial charge is 0.364 e. The molecule has 0 spiro atoms. The molecule has 1 aliphatic heterocycles. The van der Waals surface area contributed by atoms with Crippen molar-refractivity contribution in [1.82, 2.24) is 0 Å². The maximum Gasteiger partial charge on any atom is 0.0740 e. The van der Waals surface area contributed by atoms with E-state index in [4.69, 9.17) is 28.2 Å². The lowest BCUT2D eigenvalue weighted by Crippen LogP contribution is -2.40. The van der Waals surface area contributed by atoms with Crippen molar-refractivity contribution in [3.8, 4) is 0 Å². The topological polar surface area (TPSA) is 15.6 Å². The van der Waals surface area contributed by atoms with E-state index in [1.54, 1.807) is 0 Å². The van der Waals surface area contributed by atoms with Gasteiger partial charge in [-0.05, 0) is 37.1 Å². The van der Waals surface area contributed by atoms with Crippen LogP contribution in [-0.4, -0.2) is 36.6 Å². The van der Waals surface area contributed by atoms with Gasteiger partial charge in [0.05, 0.1) is 18.3 Å². The first-order valence-electron chi connectivity index (χ1n) is 8.25. The number of hydrogen-bond donors (Lipinski definition) is 0. The van der Waals surface area contributed by atoms with Gasteiger partial charge in [0.1, 0.15) is 0 Å². The highest BCUT2D eigenvalue weighted by atomic mass is 35.5. The third-order valence-corrected chi connectivity index (χ3v) is 5.15. The molecule has 0 N–H and O–H groups in total. The number of fused-ring (bicyclic) bond motifs is 1. The Morgan fingerprint density at radius 2 is 1.79 bits per heavy atom. The van der Waals surface area contributed by atoms with Crippen LogP contribution in [0, 0.1) is 13.8 Å². The summed E-state index contributed by atoms with van der Waals surface area (Å²) in [4.78, 5) is 7.26. The number of halogens is 2. The monoisotopic (exact) mass is 360 g/mol. The van der Waals surface area contributed by atoms with Gasteiger partial charge in [0.15, 0.2) is 0 Å². The van der Waals surface area contributed by atoms with Crippen LogP contribution in [-0.2, 0) is 0 Å². The van der Waals surface area contributed by atoms with Crippen LogP contribution >= 0.6 is 23.2 Å². The maximum absolute atomic E-state index is 6.26. The lowest BCUT2D eigenvalue weighted by Gasteiger charge is -2.31. The predicted molar refractivity (Wildman–Crippen MR) is 105 cm³/mol. The van der Waals surface area contributed by atoms with Crippen molar-refractivity contribution >= 4 is 34.6 Å². The van der Waals surface area contributed by atoms with Gasteiger partial charge < -0.3 is 4.90 Å². The highest BCUT2D eigenvalue weighted by Gasteiger charge is 2.26. The van der Waals surface area contributed by atoms with E-state index >= 15 is 0 Å². The Hall–Kier alpha value is -1.51. The smallest absolute Gasteiger partial charge is 0.0740 e. The lowest BCUT2D eigenvalue weighted by molar-refractivity contribution is 0.670. The van der Waals surface area contributed by atoms with E-state index in [0.717, 1.165) is 17.8 Å². The molecule has 2 nitrogen and oxygen atoms in total. The molecule has 24 heavy (non-hydrogen) atoms. The fraction of sp³-hybridized carbons (Fsp3) is 0.350. The lowest BCUT2D eigenvalue weighted by atomic mass is 9.96. The second-order valence-corrected chi connectivity index (χ2v) is 6.89. The Balaban J connectivity index is 2.21. The van der Waals surface area contributed by atoms with Crippen LogP contribution in [0.25, 0.3) is 0 Å². The molecule has 2 aromatic carbocycles. The molecule has 0 amide bonds. The Labute approximate surface area is 154 Å². The van der Waals surface area contributed by atoms with Crippen molar-refractivity contribution in [2.75, 3.05) is 29.7 Å². The Morgan fingerprint density at radius 1 is 1.08 bits per heavy atom. The standard InChI is InChI=1S/C20H22Cl2N2/c1-14-10-18-19(11-15(14)2)24(9-8-21)17(12-22)13-23-20(18)16-6-4-3-5-7-16/h3-7,10-11,17H,8-9,12-13H2,1-2H3. The molecular weight excluding hydrogens is 339 g/mol. The zero-order chi connectivity index (χ0) is 17.1. The summed E-state index contributed by atoms with van der Waals surface area (Å²) in [6, 6.07) is 15.0. The van der Waals surface area contributed by atoms with Crippen molar-refractivity contribution in [2.45, 2.75) is 19.9 Å². The molecule has 1 atom stereocenters. The van der Waals surface area contributed by atoms with E-state index in [-0.39, 0.29) is 6.04 Å².